The van der Waals surface area contributed by atoms with E-state index in [9.17, 15) is 4.79 Å². The summed E-state index contributed by atoms with van der Waals surface area (Å²) < 4.78 is 0. The molecule has 0 unspecified atom stereocenters. The number of benzene rings is 1. The first-order valence-electron chi connectivity index (χ1n) is 7.09. The van der Waals surface area contributed by atoms with Crippen LogP contribution in [0.5, 0.6) is 0 Å². The molecule has 1 aromatic carbocycles. The first kappa shape index (κ1) is 15.0. The van der Waals surface area contributed by atoms with Crippen LogP contribution in [-0.2, 0) is 17.8 Å². The molecule has 0 saturated heterocycles. The Labute approximate surface area is 125 Å². The second-order valence-corrected chi connectivity index (χ2v) is 5.40. The monoisotopic (exact) mass is 283 g/mol. The lowest BCUT2D eigenvalue weighted by molar-refractivity contribution is -0.132. The van der Waals surface area contributed by atoms with E-state index in [1.54, 1.807) is 12.4 Å². The van der Waals surface area contributed by atoms with Crippen molar-refractivity contribution in [3.8, 4) is 0 Å². The Kier molecular flexibility index (Phi) is 4.93. The number of rotatable bonds is 5. The minimum absolute atomic E-state index is 0.110. The zero-order valence-corrected chi connectivity index (χ0v) is 12.5. The topological polar surface area (TPSA) is 59.2 Å². The van der Waals surface area contributed by atoms with E-state index >= 15 is 0 Å². The van der Waals surface area contributed by atoms with Crippen LogP contribution < -0.4 is 5.73 Å². The fourth-order valence-electron chi connectivity index (χ4n) is 2.16. The molecule has 0 radical (unpaired) electrons. The lowest BCUT2D eigenvalue weighted by Crippen LogP contribution is -2.37. The highest BCUT2D eigenvalue weighted by Gasteiger charge is 2.17. The number of pyridine rings is 1. The van der Waals surface area contributed by atoms with Crippen molar-refractivity contribution >= 4 is 11.6 Å². The van der Waals surface area contributed by atoms with Crippen molar-refractivity contribution in [3.05, 3.63) is 59.9 Å². The fourth-order valence-corrected chi connectivity index (χ4v) is 2.16. The van der Waals surface area contributed by atoms with Crippen molar-refractivity contribution in [1.29, 1.82) is 0 Å². The van der Waals surface area contributed by atoms with Crippen molar-refractivity contribution in [3.63, 3.8) is 0 Å². The van der Waals surface area contributed by atoms with Crippen LogP contribution in [0.3, 0.4) is 0 Å². The molecule has 2 rings (SSSR count). The molecule has 110 valence electrons. The molecule has 0 spiro atoms. The molecular weight excluding hydrogens is 262 g/mol. The van der Waals surface area contributed by atoms with Crippen LogP contribution in [0.15, 0.2) is 48.8 Å². The quantitative estimate of drug-likeness (QED) is 0.858. The van der Waals surface area contributed by atoms with Gasteiger partial charge in [0.25, 0.3) is 0 Å². The maximum atomic E-state index is 12.5. The maximum absolute atomic E-state index is 12.5. The molecule has 1 amide bonds. The van der Waals surface area contributed by atoms with Gasteiger partial charge in [-0.2, -0.15) is 0 Å². The lowest BCUT2D eigenvalue weighted by atomic mass is 10.1. The van der Waals surface area contributed by atoms with Gasteiger partial charge in [0.05, 0.1) is 6.42 Å². The molecule has 0 aliphatic rings. The average Bonchev–Trinajstić information content (AvgIpc) is 2.48. The molecule has 0 aliphatic carbocycles. The summed E-state index contributed by atoms with van der Waals surface area (Å²) in [6, 6.07) is 11.5. The van der Waals surface area contributed by atoms with Crippen LogP contribution in [0.2, 0.25) is 0 Å². The van der Waals surface area contributed by atoms with E-state index in [1.807, 2.05) is 55.1 Å². The third-order valence-electron chi connectivity index (χ3n) is 3.35. The van der Waals surface area contributed by atoms with Gasteiger partial charge in [0, 0.05) is 30.7 Å². The third-order valence-corrected chi connectivity index (χ3v) is 3.35. The molecule has 1 aromatic heterocycles. The van der Waals surface area contributed by atoms with Crippen molar-refractivity contribution < 1.29 is 4.79 Å². The summed E-state index contributed by atoms with van der Waals surface area (Å²) in [7, 11) is 0. The Morgan fingerprint density at radius 3 is 2.48 bits per heavy atom. The lowest BCUT2D eigenvalue weighted by Gasteiger charge is -2.27. The van der Waals surface area contributed by atoms with E-state index in [4.69, 9.17) is 5.73 Å². The summed E-state index contributed by atoms with van der Waals surface area (Å²) in [6.07, 6.45) is 3.92. The molecule has 21 heavy (non-hydrogen) atoms. The summed E-state index contributed by atoms with van der Waals surface area (Å²) in [5.74, 6) is 0.110. The Morgan fingerprint density at radius 1 is 1.19 bits per heavy atom. The number of nitrogens with two attached hydrogens (primary N) is 1. The summed E-state index contributed by atoms with van der Waals surface area (Å²) in [5, 5.41) is 0. The highest BCUT2D eigenvalue weighted by atomic mass is 16.2. The van der Waals surface area contributed by atoms with E-state index in [0.717, 1.165) is 11.1 Å². The molecule has 0 saturated carbocycles. The highest BCUT2D eigenvalue weighted by molar-refractivity contribution is 5.79. The molecule has 0 bridgehead atoms. The number of nitrogens with zero attached hydrogens (tertiary/aromatic N) is 2. The van der Waals surface area contributed by atoms with Gasteiger partial charge >= 0.3 is 0 Å². The molecule has 0 aliphatic heterocycles. The largest absolute Gasteiger partial charge is 0.399 e. The summed E-state index contributed by atoms with van der Waals surface area (Å²) >= 11 is 0. The molecule has 4 heteroatoms. The predicted octanol–water partition coefficient (Wildman–Crippen LogP) is 2.64. The van der Waals surface area contributed by atoms with Crippen molar-refractivity contribution in [2.24, 2.45) is 0 Å². The zero-order chi connectivity index (χ0) is 15.2. The minimum Gasteiger partial charge on any atom is -0.399 e. The smallest absolute Gasteiger partial charge is 0.227 e. The minimum atomic E-state index is 0.110. The Balaban J connectivity index is 2.07. The number of anilines is 1. The first-order chi connectivity index (χ1) is 10.1. The van der Waals surface area contributed by atoms with Gasteiger partial charge in [-0.05, 0) is 43.2 Å². The van der Waals surface area contributed by atoms with Crippen LogP contribution in [0.4, 0.5) is 5.69 Å². The Morgan fingerprint density at radius 2 is 1.90 bits per heavy atom. The molecule has 1 heterocycles. The van der Waals surface area contributed by atoms with E-state index in [1.165, 1.54) is 0 Å². The van der Waals surface area contributed by atoms with E-state index < -0.39 is 0 Å². The van der Waals surface area contributed by atoms with Crippen LogP contribution in [0, 0.1) is 0 Å². The van der Waals surface area contributed by atoms with Crippen LogP contribution in [-0.4, -0.2) is 21.8 Å². The van der Waals surface area contributed by atoms with Gasteiger partial charge in [0.15, 0.2) is 0 Å². The molecule has 2 N–H and O–H groups in total. The zero-order valence-electron chi connectivity index (χ0n) is 12.5. The Bertz CT molecular complexity index is 579. The van der Waals surface area contributed by atoms with Gasteiger partial charge in [0.2, 0.25) is 5.91 Å². The second-order valence-electron chi connectivity index (χ2n) is 5.40. The van der Waals surface area contributed by atoms with Gasteiger partial charge in [0.1, 0.15) is 0 Å². The van der Waals surface area contributed by atoms with Crippen LogP contribution in [0.1, 0.15) is 25.0 Å². The average molecular weight is 283 g/mol. The van der Waals surface area contributed by atoms with Crippen molar-refractivity contribution in [2.45, 2.75) is 32.9 Å². The number of carbonyl (C=O) groups excluding carboxylic acids is 1. The molecule has 0 fully saturated rings. The van der Waals surface area contributed by atoms with Crippen LogP contribution >= 0.6 is 0 Å². The Hall–Kier alpha value is -2.36. The van der Waals surface area contributed by atoms with Gasteiger partial charge in [-0.3, -0.25) is 9.78 Å². The SMILES string of the molecule is CC(C)N(Cc1cccnc1)C(=O)Cc1ccc(N)cc1. The maximum Gasteiger partial charge on any atom is 0.227 e. The van der Waals surface area contributed by atoms with E-state index in [-0.39, 0.29) is 11.9 Å². The van der Waals surface area contributed by atoms with Crippen molar-refractivity contribution in [1.82, 2.24) is 9.88 Å². The highest BCUT2D eigenvalue weighted by Crippen LogP contribution is 2.12. The van der Waals surface area contributed by atoms with Gasteiger partial charge in [-0.25, -0.2) is 0 Å². The number of nitrogen functional groups attached to an aromatic ring is 1. The van der Waals surface area contributed by atoms with E-state index in [0.29, 0.717) is 18.7 Å². The number of amides is 1. The molecule has 2 aromatic rings. The number of aromatic nitrogens is 1. The van der Waals surface area contributed by atoms with E-state index in [2.05, 4.69) is 4.98 Å². The summed E-state index contributed by atoms with van der Waals surface area (Å²) in [5.41, 5.74) is 8.39. The predicted molar refractivity (Wildman–Crippen MR) is 84.5 cm³/mol. The number of hydrogen-bond acceptors (Lipinski definition) is 3. The fraction of sp³-hybridized carbons (Fsp3) is 0.294. The standard InChI is InChI=1S/C17H21N3O/c1-13(2)20(12-15-4-3-9-19-11-15)17(21)10-14-5-7-16(18)8-6-14/h3-9,11,13H,10,12,18H2,1-2H3. The van der Waals surface area contributed by atoms with Crippen molar-refractivity contribution in [2.75, 3.05) is 5.73 Å². The van der Waals surface area contributed by atoms with Crippen LogP contribution in [0.25, 0.3) is 0 Å². The number of carbonyl (C=O) groups is 1. The summed E-state index contributed by atoms with van der Waals surface area (Å²) in [4.78, 5) is 18.5. The molecule has 0 atom stereocenters. The second kappa shape index (κ2) is 6.88. The van der Waals surface area contributed by atoms with Gasteiger partial charge < -0.3 is 10.6 Å². The first-order valence-corrected chi connectivity index (χ1v) is 7.09. The third kappa shape index (κ3) is 4.31. The summed E-state index contributed by atoms with van der Waals surface area (Å²) in [6.45, 7) is 4.63. The van der Waals surface area contributed by atoms with Gasteiger partial charge in [-0.1, -0.05) is 18.2 Å². The molecular formula is C17H21N3O. The molecule has 4 nitrogen and oxygen atoms in total. The normalized spacial score (nSPS) is 10.6. The van der Waals surface area contributed by atoms with Gasteiger partial charge in [-0.15, -0.1) is 0 Å². The number of hydrogen-bond donors (Lipinski definition) is 1.